The molecule has 0 spiro atoms. The van der Waals surface area contributed by atoms with E-state index in [4.69, 9.17) is 32.9 Å². The van der Waals surface area contributed by atoms with Gasteiger partial charge in [0.15, 0.2) is 22.5 Å². The van der Waals surface area contributed by atoms with Crippen molar-refractivity contribution in [3.05, 3.63) is 40.7 Å². The number of aliphatic hydroxyl groups excluding tert-OH is 2. The Morgan fingerprint density at radius 2 is 1.97 bits per heavy atom. The molecule has 8 N–H and O–H groups in total. The number of unbranched alkanes of at least 4 members (excludes halogenated alkanes) is 1. The van der Waals surface area contributed by atoms with E-state index in [-0.39, 0.29) is 35.7 Å². The molecule has 0 aliphatic rings. The minimum absolute atomic E-state index is 0.0480. The molecule has 1 aromatic carbocycles. The molecule has 1 amide bonds. The van der Waals surface area contributed by atoms with Gasteiger partial charge in [0.1, 0.15) is 24.8 Å². The van der Waals surface area contributed by atoms with Crippen LogP contribution in [0.3, 0.4) is 0 Å². The molecule has 0 unspecified atom stereocenters. The molecule has 12 heteroatoms. The normalized spacial score (nSPS) is 12.0. The summed E-state index contributed by atoms with van der Waals surface area (Å²) in [5.41, 5.74) is 14.9. The van der Waals surface area contributed by atoms with Gasteiger partial charge in [-0.05, 0) is 37.0 Å². The van der Waals surface area contributed by atoms with Gasteiger partial charge in [0.2, 0.25) is 0 Å². The first kappa shape index (κ1) is 24.1. The summed E-state index contributed by atoms with van der Waals surface area (Å²) < 4.78 is 5.36. The number of carbonyl (C=O) groups excluding carboxylic acids is 1. The predicted octanol–water partition coefficient (Wildman–Crippen LogP) is 0.312. The third-order valence-corrected chi connectivity index (χ3v) is 4.33. The van der Waals surface area contributed by atoms with Crippen molar-refractivity contribution in [2.75, 3.05) is 31.2 Å². The zero-order valence-corrected chi connectivity index (χ0v) is 17.5. The van der Waals surface area contributed by atoms with Crippen LogP contribution in [0, 0.1) is 0 Å². The van der Waals surface area contributed by atoms with Crippen LogP contribution >= 0.6 is 11.6 Å². The summed E-state index contributed by atoms with van der Waals surface area (Å²) in [5, 5.41) is 24.2. The van der Waals surface area contributed by atoms with Gasteiger partial charge in [0, 0.05) is 6.54 Å². The second kappa shape index (κ2) is 12.5. The molecule has 2 aromatic rings. The minimum Gasteiger partial charge on any atom is -0.491 e. The molecule has 0 fully saturated rings. The van der Waals surface area contributed by atoms with Crippen LogP contribution in [0.4, 0.5) is 11.6 Å². The fourth-order valence-electron chi connectivity index (χ4n) is 2.41. The number of hydrazone groups is 1. The Morgan fingerprint density at radius 1 is 1.23 bits per heavy atom. The largest absolute Gasteiger partial charge is 0.491 e. The van der Waals surface area contributed by atoms with E-state index in [1.165, 1.54) is 6.34 Å². The topological polar surface area (TPSA) is 181 Å². The lowest BCUT2D eigenvalue weighted by atomic mass is 10.1. The zero-order chi connectivity index (χ0) is 22.6. The van der Waals surface area contributed by atoms with Crippen molar-refractivity contribution >= 4 is 35.5 Å². The maximum Gasteiger partial charge on any atom is 0.278 e. The Hall–Kier alpha value is -3.15. The highest BCUT2D eigenvalue weighted by atomic mass is 35.5. The molecule has 0 saturated heterocycles. The van der Waals surface area contributed by atoms with Crippen molar-refractivity contribution < 1.29 is 19.7 Å². The molecular formula is C19H26ClN7O4. The first-order chi connectivity index (χ1) is 14.9. The average molecular weight is 452 g/mol. The van der Waals surface area contributed by atoms with E-state index in [1.807, 2.05) is 24.3 Å². The Kier molecular flexibility index (Phi) is 9.75. The number of aryl methyl sites for hydroxylation is 1. The van der Waals surface area contributed by atoms with Crippen LogP contribution in [0.2, 0.25) is 5.15 Å². The Labute approximate surface area is 184 Å². The summed E-state index contributed by atoms with van der Waals surface area (Å²) in [4.78, 5) is 19.5. The van der Waals surface area contributed by atoms with Gasteiger partial charge in [-0.1, -0.05) is 23.7 Å². The average Bonchev–Trinajstić information content (AvgIpc) is 2.76. The summed E-state index contributed by atoms with van der Waals surface area (Å²) in [6.45, 7) is 0.350. The van der Waals surface area contributed by atoms with E-state index in [1.54, 1.807) is 0 Å². The second-order valence-electron chi connectivity index (χ2n) is 6.52. The third kappa shape index (κ3) is 8.24. The molecule has 1 heterocycles. The number of rotatable bonds is 12. The number of nitrogens with one attached hydrogen (secondary N) is 2. The SMILES string of the molecule is Nc1nc(N)c(C(=O)N/C=N/NCCCCc2ccc(OC[C@@H](O)CO)cc2)nc1Cl. The van der Waals surface area contributed by atoms with Crippen molar-refractivity contribution in [2.24, 2.45) is 5.10 Å². The lowest BCUT2D eigenvalue weighted by Gasteiger charge is -2.10. The highest BCUT2D eigenvalue weighted by Crippen LogP contribution is 2.17. The number of nitrogens with two attached hydrogens (primary N) is 2. The summed E-state index contributed by atoms with van der Waals surface area (Å²) in [6, 6.07) is 7.58. The lowest BCUT2D eigenvalue weighted by molar-refractivity contribution is 0.0536. The Balaban J connectivity index is 1.61. The van der Waals surface area contributed by atoms with Crippen LogP contribution in [0.15, 0.2) is 29.4 Å². The first-order valence-electron chi connectivity index (χ1n) is 9.55. The molecule has 31 heavy (non-hydrogen) atoms. The first-order valence-corrected chi connectivity index (χ1v) is 9.93. The smallest absolute Gasteiger partial charge is 0.278 e. The molecule has 0 radical (unpaired) electrons. The Morgan fingerprint density at radius 3 is 2.68 bits per heavy atom. The number of amides is 1. The quantitative estimate of drug-likeness (QED) is 0.114. The van der Waals surface area contributed by atoms with E-state index < -0.39 is 12.0 Å². The molecule has 0 bridgehead atoms. The fourth-order valence-corrected chi connectivity index (χ4v) is 2.54. The van der Waals surface area contributed by atoms with E-state index in [0.717, 1.165) is 24.8 Å². The zero-order valence-electron chi connectivity index (χ0n) is 16.8. The van der Waals surface area contributed by atoms with Crippen molar-refractivity contribution in [3.8, 4) is 5.75 Å². The van der Waals surface area contributed by atoms with Crippen molar-refractivity contribution in [1.29, 1.82) is 0 Å². The number of nitrogen functional groups attached to an aromatic ring is 2. The highest BCUT2D eigenvalue weighted by molar-refractivity contribution is 6.31. The minimum atomic E-state index is -0.883. The number of aromatic nitrogens is 2. The number of benzene rings is 1. The van der Waals surface area contributed by atoms with Gasteiger partial charge in [-0.15, -0.1) is 0 Å². The summed E-state index contributed by atoms with van der Waals surface area (Å²) >= 11 is 5.74. The number of halogens is 1. The molecule has 0 aliphatic heterocycles. The predicted molar refractivity (Wildman–Crippen MR) is 118 cm³/mol. The number of hydrogen-bond acceptors (Lipinski definition) is 10. The standard InChI is InChI=1S/C19H26ClN7O4/c20-16-18(22)27-17(21)15(26-16)19(30)23-11-25-24-8-2-1-3-12-4-6-14(7-5-12)31-10-13(29)9-28/h4-7,11,13,24,28-29H,1-3,8-10H2,(H4,21,22,27)(H,23,25,30)/t13-/m0/s1. The summed E-state index contributed by atoms with van der Waals surface area (Å²) in [6.07, 6.45) is 3.01. The van der Waals surface area contributed by atoms with E-state index in [9.17, 15) is 9.90 Å². The molecule has 1 aromatic heterocycles. The number of nitrogens with zero attached hydrogens (tertiary/aromatic N) is 3. The molecule has 168 valence electrons. The van der Waals surface area contributed by atoms with Crippen LogP contribution < -0.4 is 26.9 Å². The van der Waals surface area contributed by atoms with Crippen LogP contribution in [0.1, 0.15) is 28.9 Å². The van der Waals surface area contributed by atoms with Gasteiger partial charge in [0.25, 0.3) is 5.91 Å². The highest BCUT2D eigenvalue weighted by Gasteiger charge is 2.14. The molecule has 2 rings (SSSR count). The van der Waals surface area contributed by atoms with Crippen molar-refractivity contribution in [1.82, 2.24) is 20.7 Å². The number of hydrogen-bond donors (Lipinski definition) is 6. The van der Waals surface area contributed by atoms with Crippen LogP contribution in [-0.4, -0.2) is 58.3 Å². The maximum atomic E-state index is 12.0. The number of carbonyl (C=O) groups is 1. The van der Waals surface area contributed by atoms with E-state index in [0.29, 0.717) is 12.3 Å². The van der Waals surface area contributed by atoms with Gasteiger partial charge in [-0.2, -0.15) is 5.10 Å². The molecule has 0 saturated carbocycles. The van der Waals surface area contributed by atoms with Gasteiger partial charge in [-0.25, -0.2) is 9.97 Å². The van der Waals surface area contributed by atoms with E-state index in [2.05, 4.69) is 25.8 Å². The van der Waals surface area contributed by atoms with E-state index >= 15 is 0 Å². The summed E-state index contributed by atoms with van der Waals surface area (Å²) in [5.74, 6) is -0.129. The maximum absolute atomic E-state index is 12.0. The second-order valence-corrected chi connectivity index (χ2v) is 6.88. The van der Waals surface area contributed by atoms with Gasteiger partial charge >= 0.3 is 0 Å². The molecule has 0 aliphatic carbocycles. The van der Waals surface area contributed by atoms with Crippen molar-refractivity contribution in [2.45, 2.75) is 25.4 Å². The molecule has 1 atom stereocenters. The van der Waals surface area contributed by atoms with Crippen LogP contribution in [-0.2, 0) is 6.42 Å². The van der Waals surface area contributed by atoms with Crippen LogP contribution in [0.25, 0.3) is 0 Å². The third-order valence-electron chi connectivity index (χ3n) is 4.05. The van der Waals surface area contributed by atoms with Crippen molar-refractivity contribution in [3.63, 3.8) is 0 Å². The number of aliphatic hydroxyl groups is 2. The van der Waals surface area contributed by atoms with Gasteiger partial charge in [-0.3, -0.25) is 4.79 Å². The van der Waals surface area contributed by atoms with Gasteiger partial charge < -0.3 is 37.2 Å². The fraction of sp³-hybridized carbons (Fsp3) is 0.368. The summed E-state index contributed by atoms with van der Waals surface area (Å²) in [7, 11) is 0. The Bertz CT molecular complexity index is 880. The monoisotopic (exact) mass is 451 g/mol. The number of ether oxygens (including phenoxy) is 1. The van der Waals surface area contributed by atoms with Crippen LogP contribution in [0.5, 0.6) is 5.75 Å². The number of anilines is 2. The molecular weight excluding hydrogens is 426 g/mol. The molecule has 11 nitrogen and oxygen atoms in total. The lowest BCUT2D eigenvalue weighted by Crippen LogP contribution is -2.26. The van der Waals surface area contributed by atoms with Gasteiger partial charge in [0.05, 0.1) is 6.61 Å².